The van der Waals surface area contributed by atoms with Crippen LogP contribution >= 0.6 is 12.2 Å². The van der Waals surface area contributed by atoms with Crippen LogP contribution in [-0.2, 0) is 0 Å². The van der Waals surface area contributed by atoms with Crippen LogP contribution in [-0.4, -0.2) is 21.5 Å². The molecule has 17 heavy (non-hydrogen) atoms. The van der Waals surface area contributed by atoms with E-state index in [1.54, 1.807) is 12.4 Å². The predicted molar refractivity (Wildman–Crippen MR) is 73.0 cm³/mol. The molecule has 0 spiro atoms. The predicted octanol–water partition coefficient (Wildman–Crippen LogP) is 2.10. The van der Waals surface area contributed by atoms with Crippen LogP contribution in [0.25, 0.3) is 0 Å². The lowest BCUT2D eigenvalue weighted by molar-refractivity contribution is 0.145. The second kappa shape index (κ2) is 4.96. The summed E-state index contributed by atoms with van der Waals surface area (Å²) in [5.74, 6) is 0.796. The van der Waals surface area contributed by atoms with E-state index in [1.807, 2.05) is 0 Å². The highest BCUT2D eigenvalue weighted by atomic mass is 32.1. The van der Waals surface area contributed by atoms with E-state index in [0.29, 0.717) is 11.1 Å². The fourth-order valence-corrected chi connectivity index (χ4v) is 2.26. The van der Waals surface area contributed by atoms with Crippen LogP contribution in [0.2, 0.25) is 0 Å². The minimum atomic E-state index is 0.285. The summed E-state index contributed by atoms with van der Waals surface area (Å²) < 4.78 is 0. The zero-order valence-electron chi connectivity index (χ0n) is 10.1. The number of nitrogens with zero attached hydrogens (tertiary/aromatic N) is 2. The Balaban J connectivity index is 1.93. The van der Waals surface area contributed by atoms with Gasteiger partial charge in [0.15, 0.2) is 0 Å². The fourth-order valence-electron chi connectivity index (χ4n) is 2.16. The minimum absolute atomic E-state index is 0.285. The maximum Gasteiger partial charge on any atom is 0.144 e. The number of rotatable bonds is 5. The third kappa shape index (κ3) is 2.72. The van der Waals surface area contributed by atoms with Crippen molar-refractivity contribution in [1.82, 2.24) is 9.97 Å². The number of anilines is 1. The molecular formula is C12H18N4S. The van der Waals surface area contributed by atoms with E-state index in [-0.39, 0.29) is 4.99 Å². The largest absolute Gasteiger partial charge is 0.388 e. The number of nitrogens with one attached hydrogen (secondary N) is 1. The van der Waals surface area contributed by atoms with E-state index in [1.165, 1.54) is 25.7 Å². The van der Waals surface area contributed by atoms with Crippen LogP contribution in [0.5, 0.6) is 0 Å². The van der Waals surface area contributed by atoms with Gasteiger partial charge in [0.1, 0.15) is 16.5 Å². The van der Waals surface area contributed by atoms with Crippen molar-refractivity contribution in [2.45, 2.75) is 32.6 Å². The number of aromatic nitrogens is 2. The van der Waals surface area contributed by atoms with Gasteiger partial charge in [-0.2, -0.15) is 0 Å². The molecule has 1 aliphatic carbocycles. The van der Waals surface area contributed by atoms with Crippen molar-refractivity contribution in [3.05, 3.63) is 18.1 Å². The van der Waals surface area contributed by atoms with E-state index in [2.05, 4.69) is 22.2 Å². The second-order valence-corrected chi connectivity index (χ2v) is 5.15. The monoisotopic (exact) mass is 250 g/mol. The number of hydrogen-bond acceptors (Lipinski definition) is 4. The molecule has 4 nitrogen and oxygen atoms in total. The third-order valence-electron chi connectivity index (χ3n) is 3.71. The Labute approximate surface area is 107 Å². The summed E-state index contributed by atoms with van der Waals surface area (Å²) in [5.41, 5.74) is 6.51. The lowest BCUT2D eigenvalue weighted by atomic mass is 9.67. The molecule has 0 amide bonds. The zero-order valence-corrected chi connectivity index (χ0v) is 10.9. The topological polar surface area (TPSA) is 63.8 Å². The molecule has 1 aliphatic rings. The molecule has 1 heterocycles. The van der Waals surface area contributed by atoms with Gasteiger partial charge in [-0.15, -0.1) is 0 Å². The van der Waals surface area contributed by atoms with E-state index in [4.69, 9.17) is 18.0 Å². The highest BCUT2D eigenvalue weighted by Crippen LogP contribution is 2.43. The average Bonchev–Trinajstić information content (AvgIpc) is 2.29. The Bertz CT molecular complexity index is 392. The molecule has 0 bridgehead atoms. The Morgan fingerprint density at radius 2 is 2.24 bits per heavy atom. The first kappa shape index (κ1) is 12.2. The summed E-state index contributed by atoms with van der Waals surface area (Å²) in [6.07, 6.45) is 8.50. The Morgan fingerprint density at radius 3 is 2.65 bits per heavy atom. The van der Waals surface area contributed by atoms with Crippen molar-refractivity contribution in [3.63, 3.8) is 0 Å². The zero-order chi connectivity index (χ0) is 12.3. The SMILES string of the molecule is CCC1(CNc2cnc(C(N)=S)cn2)CCC1. The molecule has 3 N–H and O–H groups in total. The summed E-state index contributed by atoms with van der Waals surface area (Å²) in [6.45, 7) is 3.23. The quantitative estimate of drug-likeness (QED) is 0.784. The van der Waals surface area contributed by atoms with E-state index in [0.717, 1.165) is 12.4 Å². The molecule has 92 valence electrons. The maximum absolute atomic E-state index is 5.47. The normalized spacial score (nSPS) is 17.2. The van der Waals surface area contributed by atoms with Gasteiger partial charge in [0.05, 0.1) is 12.4 Å². The first-order valence-corrected chi connectivity index (χ1v) is 6.42. The average molecular weight is 250 g/mol. The van der Waals surface area contributed by atoms with Crippen molar-refractivity contribution < 1.29 is 0 Å². The van der Waals surface area contributed by atoms with E-state index in [9.17, 15) is 0 Å². The highest BCUT2D eigenvalue weighted by molar-refractivity contribution is 7.80. The summed E-state index contributed by atoms with van der Waals surface area (Å²) in [4.78, 5) is 8.70. The van der Waals surface area contributed by atoms with Gasteiger partial charge < -0.3 is 11.1 Å². The summed E-state index contributed by atoms with van der Waals surface area (Å²) >= 11 is 4.83. The molecule has 0 aromatic carbocycles. The molecule has 0 saturated heterocycles. The molecule has 0 atom stereocenters. The lowest BCUT2D eigenvalue weighted by Crippen LogP contribution is -2.36. The molecule has 1 aromatic heterocycles. The van der Waals surface area contributed by atoms with Gasteiger partial charge in [-0.05, 0) is 24.7 Å². The summed E-state index contributed by atoms with van der Waals surface area (Å²) in [5, 5.41) is 3.35. The number of nitrogens with two attached hydrogens (primary N) is 1. The van der Waals surface area contributed by atoms with Crippen molar-refractivity contribution in [2.24, 2.45) is 11.1 Å². The van der Waals surface area contributed by atoms with Crippen LogP contribution in [0.1, 0.15) is 38.3 Å². The Morgan fingerprint density at radius 1 is 1.47 bits per heavy atom. The summed E-state index contributed by atoms with van der Waals surface area (Å²) in [7, 11) is 0. The fraction of sp³-hybridized carbons (Fsp3) is 0.583. The molecule has 2 rings (SSSR count). The molecule has 1 fully saturated rings. The molecule has 0 aliphatic heterocycles. The molecule has 1 aromatic rings. The summed E-state index contributed by atoms with van der Waals surface area (Å²) in [6, 6.07) is 0. The number of thiocarbonyl (C=S) groups is 1. The molecule has 0 unspecified atom stereocenters. The van der Waals surface area contributed by atoms with Crippen LogP contribution in [0.3, 0.4) is 0 Å². The molecule has 5 heteroatoms. The van der Waals surface area contributed by atoms with Gasteiger partial charge in [-0.25, -0.2) is 9.97 Å². The molecule has 0 radical (unpaired) electrons. The van der Waals surface area contributed by atoms with Crippen molar-refractivity contribution in [3.8, 4) is 0 Å². The Kier molecular flexibility index (Phi) is 3.57. The molecule has 1 saturated carbocycles. The second-order valence-electron chi connectivity index (χ2n) is 4.71. The minimum Gasteiger partial charge on any atom is -0.388 e. The van der Waals surface area contributed by atoms with Gasteiger partial charge >= 0.3 is 0 Å². The number of hydrogen-bond donors (Lipinski definition) is 2. The smallest absolute Gasteiger partial charge is 0.144 e. The van der Waals surface area contributed by atoms with E-state index >= 15 is 0 Å². The van der Waals surface area contributed by atoms with Crippen LogP contribution in [0, 0.1) is 5.41 Å². The standard InChI is InChI=1S/C12H18N4S/c1-2-12(4-3-5-12)8-16-10-7-14-9(6-15-10)11(13)17/h6-7H,2-5,8H2,1H3,(H2,13,17)(H,15,16). The van der Waals surface area contributed by atoms with Crippen LogP contribution < -0.4 is 11.1 Å². The lowest BCUT2D eigenvalue weighted by Gasteiger charge is -2.41. The van der Waals surface area contributed by atoms with Gasteiger partial charge in [-0.1, -0.05) is 25.6 Å². The maximum atomic E-state index is 5.47. The first-order chi connectivity index (χ1) is 8.15. The van der Waals surface area contributed by atoms with Gasteiger partial charge in [-0.3, -0.25) is 0 Å². The van der Waals surface area contributed by atoms with Gasteiger partial charge in [0.25, 0.3) is 0 Å². The van der Waals surface area contributed by atoms with E-state index < -0.39 is 0 Å². The van der Waals surface area contributed by atoms with Crippen LogP contribution in [0.15, 0.2) is 12.4 Å². The molecular weight excluding hydrogens is 232 g/mol. The Hall–Kier alpha value is -1.23. The van der Waals surface area contributed by atoms with Crippen LogP contribution in [0.4, 0.5) is 5.82 Å². The van der Waals surface area contributed by atoms with Crippen molar-refractivity contribution in [2.75, 3.05) is 11.9 Å². The van der Waals surface area contributed by atoms with Gasteiger partial charge in [0, 0.05) is 6.54 Å². The van der Waals surface area contributed by atoms with Crippen molar-refractivity contribution in [1.29, 1.82) is 0 Å². The third-order valence-corrected chi connectivity index (χ3v) is 3.92. The first-order valence-electron chi connectivity index (χ1n) is 6.01. The van der Waals surface area contributed by atoms with Crippen molar-refractivity contribution >= 4 is 23.0 Å². The highest BCUT2D eigenvalue weighted by Gasteiger charge is 2.34. The van der Waals surface area contributed by atoms with Gasteiger partial charge in [0.2, 0.25) is 0 Å².